The van der Waals surface area contributed by atoms with Crippen molar-refractivity contribution in [1.82, 2.24) is 4.72 Å². The summed E-state index contributed by atoms with van der Waals surface area (Å²) in [7, 11) is -3.42. The van der Waals surface area contributed by atoms with E-state index in [1.54, 1.807) is 6.07 Å². The molecule has 0 aromatic carbocycles. The number of hydrogen-bond donors (Lipinski definition) is 1. The number of amides is 1. The molecule has 1 aromatic heterocycles. The Hall–Kier alpha value is -0.880. The summed E-state index contributed by atoms with van der Waals surface area (Å²) in [6.07, 6.45) is 1.07. The molecule has 0 spiro atoms. The number of carbonyl (C=O) groups is 1. The fourth-order valence-electron chi connectivity index (χ4n) is 0.814. The monoisotopic (exact) mass is 219 g/mol. The maximum atomic E-state index is 11.0. The Morgan fingerprint density at radius 1 is 1.62 bits per heavy atom. The zero-order valence-electron chi connectivity index (χ0n) is 6.98. The molecule has 1 rings (SSSR count). The van der Waals surface area contributed by atoms with Gasteiger partial charge in [-0.3, -0.25) is 9.52 Å². The first-order chi connectivity index (χ1) is 5.97. The first-order valence-corrected chi connectivity index (χ1v) is 6.27. The summed E-state index contributed by atoms with van der Waals surface area (Å²) in [5, 5.41) is 1.84. The highest BCUT2D eigenvalue weighted by Crippen LogP contribution is 2.08. The van der Waals surface area contributed by atoms with E-state index in [9.17, 15) is 13.2 Å². The van der Waals surface area contributed by atoms with Crippen LogP contribution in [0.4, 0.5) is 0 Å². The summed E-state index contributed by atoms with van der Waals surface area (Å²) in [5.41, 5.74) is 0. The molecule has 0 aliphatic carbocycles. The number of hydrogen-bond acceptors (Lipinski definition) is 4. The summed E-state index contributed by atoms with van der Waals surface area (Å²) in [4.78, 5) is 11.9. The van der Waals surface area contributed by atoms with E-state index in [0.717, 1.165) is 11.1 Å². The average Bonchev–Trinajstić information content (AvgIpc) is 2.34. The first-order valence-electron chi connectivity index (χ1n) is 3.50. The molecule has 0 unspecified atom stereocenters. The lowest BCUT2D eigenvalue weighted by Gasteiger charge is -1.99. The molecule has 1 N–H and O–H groups in total. The highest BCUT2D eigenvalue weighted by atomic mass is 32.2. The third-order valence-electron chi connectivity index (χ3n) is 1.21. The molecule has 0 aliphatic heterocycles. The van der Waals surface area contributed by atoms with Gasteiger partial charge in [-0.05, 0) is 11.4 Å². The smallest absolute Gasteiger partial charge is 0.238 e. The Kier molecular flexibility index (Phi) is 3.05. The molecule has 6 heteroatoms. The molecular formula is C7H9NO3S2. The average molecular weight is 219 g/mol. The molecule has 0 fully saturated rings. The van der Waals surface area contributed by atoms with Crippen LogP contribution in [0.1, 0.15) is 4.88 Å². The normalized spacial score (nSPS) is 11.2. The molecule has 1 heterocycles. The highest BCUT2D eigenvalue weighted by molar-refractivity contribution is 7.89. The molecule has 0 saturated heterocycles. The van der Waals surface area contributed by atoms with Crippen LogP contribution in [0, 0.1) is 0 Å². The standard InChI is InChI=1S/C7H9NO3S2/c1-13(10,11)8-7(9)5-6-3-2-4-12-6/h2-4H,5H2,1H3,(H,8,9). The molecule has 13 heavy (non-hydrogen) atoms. The van der Waals surface area contributed by atoms with Crippen LogP contribution in [-0.2, 0) is 21.2 Å². The van der Waals surface area contributed by atoms with Gasteiger partial charge in [0.2, 0.25) is 15.9 Å². The fraction of sp³-hybridized carbons (Fsp3) is 0.286. The minimum Gasteiger partial charge on any atom is -0.274 e. The van der Waals surface area contributed by atoms with Crippen molar-refractivity contribution in [3.63, 3.8) is 0 Å². The van der Waals surface area contributed by atoms with Crippen molar-refractivity contribution in [3.8, 4) is 0 Å². The second kappa shape index (κ2) is 3.89. The predicted molar refractivity (Wildman–Crippen MR) is 51.0 cm³/mol. The van der Waals surface area contributed by atoms with Gasteiger partial charge in [0, 0.05) is 4.88 Å². The first kappa shape index (κ1) is 10.2. The Bertz CT molecular complexity index is 380. The SMILES string of the molecule is CS(=O)(=O)NC(=O)Cc1cccs1. The van der Waals surface area contributed by atoms with E-state index < -0.39 is 15.9 Å². The zero-order chi connectivity index (χ0) is 9.90. The van der Waals surface area contributed by atoms with E-state index in [0.29, 0.717) is 0 Å². The Morgan fingerprint density at radius 3 is 2.77 bits per heavy atom. The van der Waals surface area contributed by atoms with Gasteiger partial charge in [0.05, 0.1) is 12.7 Å². The van der Waals surface area contributed by atoms with Crippen molar-refractivity contribution in [3.05, 3.63) is 22.4 Å². The van der Waals surface area contributed by atoms with Gasteiger partial charge in [0.1, 0.15) is 0 Å². The van der Waals surface area contributed by atoms with E-state index in [1.807, 2.05) is 16.2 Å². The lowest BCUT2D eigenvalue weighted by atomic mass is 10.3. The largest absolute Gasteiger partial charge is 0.274 e. The van der Waals surface area contributed by atoms with Gasteiger partial charge in [0.15, 0.2) is 0 Å². The van der Waals surface area contributed by atoms with Crippen LogP contribution < -0.4 is 4.72 Å². The second-order valence-electron chi connectivity index (χ2n) is 2.55. The van der Waals surface area contributed by atoms with Crippen molar-refractivity contribution >= 4 is 27.3 Å². The molecule has 1 aromatic rings. The number of thiophene rings is 1. The van der Waals surface area contributed by atoms with Crippen molar-refractivity contribution in [1.29, 1.82) is 0 Å². The minimum absolute atomic E-state index is 0.116. The molecule has 0 bridgehead atoms. The van der Waals surface area contributed by atoms with Crippen molar-refractivity contribution in [2.75, 3.05) is 6.26 Å². The van der Waals surface area contributed by atoms with Crippen LogP contribution >= 0.6 is 11.3 Å². The quantitative estimate of drug-likeness (QED) is 0.798. The molecule has 4 nitrogen and oxygen atoms in total. The second-order valence-corrected chi connectivity index (χ2v) is 5.33. The third kappa shape index (κ3) is 4.05. The molecule has 0 saturated carbocycles. The van der Waals surface area contributed by atoms with Crippen LogP contribution in [0.3, 0.4) is 0 Å². The van der Waals surface area contributed by atoms with E-state index in [4.69, 9.17) is 0 Å². The molecule has 0 radical (unpaired) electrons. The Morgan fingerprint density at radius 2 is 2.31 bits per heavy atom. The van der Waals surface area contributed by atoms with Crippen molar-refractivity contribution < 1.29 is 13.2 Å². The van der Waals surface area contributed by atoms with Gasteiger partial charge in [-0.1, -0.05) is 6.07 Å². The van der Waals surface area contributed by atoms with Gasteiger partial charge in [0.25, 0.3) is 0 Å². The number of rotatable bonds is 3. The highest BCUT2D eigenvalue weighted by Gasteiger charge is 2.08. The molecular weight excluding hydrogens is 210 g/mol. The molecule has 1 amide bonds. The summed E-state index contributed by atoms with van der Waals surface area (Å²) >= 11 is 1.42. The van der Waals surface area contributed by atoms with Gasteiger partial charge in [-0.2, -0.15) is 0 Å². The lowest BCUT2D eigenvalue weighted by Crippen LogP contribution is -2.30. The number of sulfonamides is 1. The van der Waals surface area contributed by atoms with Gasteiger partial charge < -0.3 is 0 Å². The third-order valence-corrected chi connectivity index (χ3v) is 2.69. The summed E-state index contributed by atoms with van der Waals surface area (Å²) in [6.45, 7) is 0. The van der Waals surface area contributed by atoms with E-state index >= 15 is 0 Å². The van der Waals surface area contributed by atoms with Gasteiger partial charge in [-0.25, -0.2) is 8.42 Å². The topological polar surface area (TPSA) is 63.2 Å². The Balaban J connectivity index is 2.53. The summed E-state index contributed by atoms with van der Waals surface area (Å²) in [6, 6.07) is 3.60. The maximum Gasteiger partial charge on any atom is 0.238 e. The maximum absolute atomic E-state index is 11.0. The fourth-order valence-corrected chi connectivity index (χ4v) is 2.00. The predicted octanol–water partition coefficient (Wildman–Crippen LogP) is 0.366. The van der Waals surface area contributed by atoms with Crippen molar-refractivity contribution in [2.45, 2.75) is 6.42 Å². The van der Waals surface area contributed by atoms with Gasteiger partial charge in [-0.15, -0.1) is 11.3 Å². The molecule has 72 valence electrons. The Labute approximate surface area is 80.6 Å². The summed E-state index contributed by atoms with van der Waals surface area (Å²) < 4.78 is 23.2. The van der Waals surface area contributed by atoms with Crippen LogP contribution in [0.15, 0.2) is 17.5 Å². The summed E-state index contributed by atoms with van der Waals surface area (Å²) in [5.74, 6) is -0.495. The van der Waals surface area contributed by atoms with E-state index in [2.05, 4.69) is 0 Å². The van der Waals surface area contributed by atoms with Crippen LogP contribution in [0.25, 0.3) is 0 Å². The van der Waals surface area contributed by atoms with Crippen LogP contribution in [-0.4, -0.2) is 20.6 Å². The van der Waals surface area contributed by atoms with Gasteiger partial charge >= 0.3 is 0 Å². The number of nitrogens with one attached hydrogen (secondary N) is 1. The molecule has 0 aliphatic rings. The van der Waals surface area contributed by atoms with Crippen LogP contribution in [0.2, 0.25) is 0 Å². The lowest BCUT2D eigenvalue weighted by molar-refractivity contribution is -0.118. The number of carbonyl (C=O) groups excluding carboxylic acids is 1. The van der Waals surface area contributed by atoms with Crippen molar-refractivity contribution in [2.24, 2.45) is 0 Å². The van der Waals surface area contributed by atoms with E-state index in [1.165, 1.54) is 11.3 Å². The molecule has 0 atom stereocenters. The van der Waals surface area contributed by atoms with E-state index in [-0.39, 0.29) is 6.42 Å². The zero-order valence-corrected chi connectivity index (χ0v) is 8.61. The van der Waals surface area contributed by atoms with Crippen LogP contribution in [0.5, 0.6) is 0 Å². The minimum atomic E-state index is -3.42.